The second-order valence-electron chi connectivity index (χ2n) is 6.40. The van der Waals surface area contributed by atoms with Gasteiger partial charge in [-0.3, -0.25) is 9.69 Å². The summed E-state index contributed by atoms with van der Waals surface area (Å²) in [5.74, 6) is 0.166. The van der Waals surface area contributed by atoms with Crippen molar-refractivity contribution in [1.82, 2.24) is 19.7 Å². The van der Waals surface area contributed by atoms with Crippen molar-refractivity contribution in [2.24, 2.45) is 0 Å². The predicted molar refractivity (Wildman–Crippen MR) is 101 cm³/mol. The van der Waals surface area contributed by atoms with Crippen LogP contribution in [0.4, 0.5) is 18.9 Å². The Bertz CT molecular complexity index is 943. The summed E-state index contributed by atoms with van der Waals surface area (Å²) in [5, 5.41) is 6.49. The normalized spacial score (nSPS) is 11.8. The SMILES string of the molecule is COCCN(CC(=O)Nc1cc(C(F)(F)F)ccc1-n1cncn1)Cc1ccco1. The highest BCUT2D eigenvalue weighted by molar-refractivity contribution is 5.94. The smallest absolute Gasteiger partial charge is 0.416 e. The molecule has 0 atom stereocenters. The van der Waals surface area contributed by atoms with Gasteiger partial charge in [0.25, 0.3) is 0 Å². The van der Waals surface area contributed by atoms with Gasteiger partial charge >= 0.3 is 6.18 Å². The molecule has 0 radical (unpaired) electrons. The molecule has 1 amide bonds. The number of methoxy groups -OCH3 is 1. The Hall–Kier alpha value is -3.18. The summed E-state index contributed by atoms with van der Waals surface area (Å²) in [5.41, 5.74) is -0.637. The van der Waals surface area contributed by atoms with Gasteiger partial charge < -0.3 is 14.5 Å². The van der Waals surface area contributed by atoms with E-state index in [2.05, 4.69) is 15.4 Å². The van der Waals surface area contributed by atoms with Crippen molar-refractivity contribution in [1.29, 1.82) is 0 Å². The van der Waals surface area contributed by atoms with Crippen molar-refractivity contribution in [3.63, 3.8) is 0 Å². The zero-order valence-corrected chi connectivity index (χ0v) is 16.1. The Morgan fingerprint density at radius 3 is 2.80 bits per heavy atom. The second kappa shape index (κ2) is 9.55. The zero-order valence-electron chi connectivity index (χ0n) is 16.1. The second-order valence-corrected chi connectivity index (χ2v) is 6.40. The number of amides is 1. The lowest BCUT2D eigenvalue weighted by molar-refractivity contribution is -0.137. The molecule has 0 aliphatic heterocycles. The Balaban J connectivity index is 1.79. The first kappa shape index (κ1) is 21.5. The molecule has 1 N–H and O–H groups in total. The average molecular weight is 423 g/mol. The van der Waals surface area contributed by atoms with Crippen LogP contribution in [0.3, 0.4) is 0 Å². The van der Waals surface area contributed by atoms with Crippen LogP contribution in [0.5, 0.6) is 0 Å². The third kappa shape index (κ3) is 5.67. The minimum atomic E-state index is -4.55. The summed E-state index contributed by atoms with van der Waals surface area (Å²) >= 11 is 0. The molecular formula is C19H20F3N5O3. The molecule has 0 aliphatic rings. The van der Waals surface area contributed by atoms with Gasteiger partial charge in [0.15, 0.2) is 0 Å². The zero-order chi connectivity index (χ0) is 21.6. The van der Waals surface area contributed by atoms with E-state index in [1.807, 2.05) is 0 Å². The maximum absolute atomic E-state index is 13.2. The van der Waals surface area contributed by atoms with E-state index < -0.39 is 17.6 Å². The van der Waals surface area contributed by atoms with Crippen LogP contribution in [-0.4, -0.2) is 52.4 Å². The molecule has 0 fully saturated rings. The Morgan fingerprint density at radius 2 is 2.17 bits per heavy atom. The van der Waals surface area contributed by atoms with Crippen LogP contribution in [0.15, 0.2) is 53.7 Å². The highest BCUT2D eigenvalue weighted by Gasteiger charge is 2.31. The van der Waals surface area contributed by atoms with Gasteiger partial charge in [-0.2, -0.15) is 18.3 Å². The van der Waals surface area contributed by atoms with Crippen LogP contribution in [-0.2, 0) is 22.3 Å². The van der Waals surface area contributed by atoms with Crippen molar-refractivity contribution < 1.29 is 27.1 Å². The number of aromatic nitrogens is 3. The van der Waals surface area contributed by atoms with Gasteiger partial charge in [-0.15, -0.1) is 0 Å². The van der Waals surface area contributed by atoms with Crippen molar-refractivity contribution in [2.75, 3.05) is 32.1 Å². The number of furan rings is 1. The van der Waals surface area contributed by atoms with Gasteiger partial charge in [-0.05, 0) is 30.3 Å². The van der Waals surface area contributed by atoms with E-state index >= 15 is 0 Å². The lowest BCUT2D eigenvalue weighted by atomic mass is 10.1. The van der Waals surface area contributed by atoms with Crippen molar-refractivity contribution >= 4 is 11.6 Å². The van der Waals surface area contributed by atoms with E-state index in [-0.39, 0.29) is 17.9 Å². The molecule has 2 aromatic heterocycles. The van der Waals surface area contributed by atoms with Gasteiger partial charge in [-0.1, -0.05) is 0 Å². The molecule has 0 unspecified atom stereocenters. The molecule has 0 saturated heterocycles. The number of carbonyl (C=O) groups is 1. The summed E-state index contributed by atoms with van der Waals surface area (Å²) in [6.45, 7) is 1.09. The molecule has 0 spiro atoms. The maximum Gasteiger partial charge on any atom is 0.416 e. The Labute approximate surface area is 170 Å². The summed E-state index contributed by atoms with van der Waals surface area (Å²) in [7, 11) is 1.54. The lowest BCUT2D eigenvalue weighted by Crippen LogP contribution is -2.35. The molecule has 160 valence electrons. The number of hydrogen-bond donors (Lipinski definition) is 1. The van der Waals surface area contributed by atoms with E-state index in [1.165, 1.54) is 36.8 Å². The topological polar surface area (TPSA) is 85.4 Å². The van der Waals surface area contributed by atoms with E-state index in [1.54, 1.807) is 17.0 Å². The number of nitrogens with one attached hydrogen (secondary N) is 1. The molecule has 0 saturated carbocycles. The first-order valence-corrected chi connectivity index (χ1v) is 8.96. The van der Waals surface area contributed by atoms with E-state index in [9.17, 15) is 18.0 Å². The largest absolute Gasteiger partial charge is 0.468 e. The third-order valence-electron chi connectivity index (χ3n) is 4.20. The van der Waals surface area contributed by atoms with Crippen molar-refractivity contribution in [2.45, 2.75) is 12.7 Å². The van der Waals surface area contributed by atoms with Crippen LogP contribution in [0.1, 0.15) is 11.3 Å². The van der Waals surface area contributed by atoms with Gasteiger partial charge in [0.05, 0.1) is 42.9 Å². The highest BCUT2D eigenvalue weighted by atomic mass is 19.4. The first-order valence-electron chi connectivity index (χ1n) is 8.96. The molecule has 3 aromatic rings. The number of nitrogens with zero attached hydrogens (tertiary/aromatic N) is 4. The lowest BCUT2D eigenvalue weighted by Gasteiger charge is -2.21. The number of ether oxygens (including phenoxy) is 1. The highest BCUT2D eigenvalue weighted by Crippen LogP contribution is 2.33. The van der Waals surface area contributed by atoms with Gasteiger partial charge in [0.2, 0.25) is 5.91 Å². The number of halogens is 3. The minimum absolute atomic E-state index is 0.0231. The number of hydrogen-bond acceptors (Lipinski definition) is 6. The third-order valence-corrected chi connectivity index (χ3v) is 4.20. The molecular weight excluding hydrogens is 403 g/mol. The number of carbonyl (C=O) groups excluding carboxylic acids is 1. The fraction of sp³-hybridized carbons (Fsp3) is 0.316. The number of rotatable bonds is 9. The molecule has 30 heavy (non-hydrogen) atoms. The van der Waals surface area contributed by atoms with Crippen LogP contribution < -0.4 is 5.32 Å². The molecule has 0 bridgehead atoms. The fourth-order valence-corrected chi connectivity index (χ4v) is 2.80. The van der Waals surface area contributed by atoms with Crippen molar-refractivity contribution in [3.8, 4) is 5.69 Å². The van der Waals surface area contributed by atoms with E-state index in [4.69, 9.17) is 9.15 Å². The van der Waals surface area contributed by atoms with Gasteiger partial charge in [0, 0.05) is 13.7 Å². The fourth-order valence-electron chi connectivity index (χ4n) is 2.80. The van der Waals surface area contributed by atoms with Crippen LogP contribution >= 0.6 is 0 Å². The summed E-state index contributed by atoms with van der Waals surface area (Å²) in [6.07, 6.45) is -0.444. The molecule has 1 aromatic carbocycles. The Kier molecular flexibility index (Phi) is 6.85. The van der Waals surface area contributed by atoms with E-state index in [0.29, 0.717) is 25.5 Å². The predicted octanol–water partition coefficient (Wildman–Crippen LogP) is 2.97. The monoisotopic (exact) mass is 423 g/mol. The van der Waals surface area contributed by atoms with Crippen LogP contribution in [0.2, 0.25) is 0 Å². The number of benzene rings is 1. The quantitative estimate of drug-likeness (QED) is 0.570. The summed E-state index contributed by atoms with van der Waals surface area (Å²) in [6, 6.07) is 6.54. The number of anilines is 1. The first-order chi connectivity index (χ1) is 14.4. The van der Waals surface area contributed by atoms with Gasteiger partial charge in [0.1, 0.15) is 18.4 Å². The molecule has 8 nitrogen and oxygen atoms in total. The summed E-state index contributed by atoms with van der Waals surface area (Å²) in [4.78, 5) is 18.2. The maximum atomic E-state index is 13.2. The van der Waals surface area contributed by atoms with Crippen LogP contribution in [0.25, 0.3) is 5.69 Å². The van der Waals surface area contributed by atoms with E-state index in [0.717, 1.165) is 12.1 Å². The molecule has 3 rings (SSSR count). The standard InChI is InChI=1S/C19H20F3N5O3/c1-29-8-6-26(10-15-3-2-7-30-15)11-18(28)25-16-9-14(19(20,21)22)4-5-17(16)27-13-23-12-24-27/h2-5,7,9,12-13H,6,8,10-11H2,1H3,(H,25,28). The molecule has 0 aliphatic carbocycles. The van der Waals surface area contributed by atoms with Gasteiger partial charge in [-0.25, -0.2) is 9.67 Å². The van der Waals surface area contributed by atoms with Crippen LogP contribution in [0, 0.1) is 0 Å². The summed E-state index contributed by atoms with van der Waals surface area (Å²) < 4.78 is 51.1. The number of alkyl halides is 3. The molecule has 11 heteroatoms. The average Bonchev–Trinajstić information content (AvgIpc) is 3.39. The van der Waals surface area contributed by atoms with Crippen molar-refractivity contribution in [3.05, 3.63) is 60.6 Å². The molecule has 2 heterocycles. The minimum Gasteiger partial charge on any atom is -0.468 e. The Morgan fingerprint density at radius 1 is 1.33 bits per heavy atom.